The Morgan fingerprint density at radius 2 is 2.33 bits per heavy atom. The third kappa shape index (κ3) is 2.83. The van der Waals surface area contributed by atoms with Gasteiger partial charge in [0.25, 0.3) is 11.5 Å². The number of carbonyl (C=O) groups excluding carboxylic acids is 1. The number of aromatic nitrogens is 1. The van der Waals surface area contributed by atoms with Crippen molar-refractivity contribution in [2.45, 2.75) is 12.8 Å². The summed E-state index contributed by atoms with van der Waals surface area (Å²) in [6, 6.07) is 3.13. The van der Waals surface area contributed by atoms with E-state index in [0.717, 1.165) is 31.3 Å². The molecule has 1 fully saturated rings. The first-order valence-corrected chi connectivity index (χ1v) is 7.26. The van der Waals surface area contributed by atoms with Crippen molar-refractivity contribution >= 4 is 21.8 Å². The lowest BCUT2D eigenvalue weighted by atomic mass is 10.1. The number of alkyl halides is 1. The molecule has 0 radical (unpaired) electrons. The lowest BCUT2D eigenvalue weighted by Crippen LogP contribution is -2.30. The third-order valence-electron chi connectivity index (χ3n) is 3.44. The molecule has 0 bridgehead atoms. The van der Waals surface area contributed by atoms with Crippen molar-refractivity contribution in [1.82, 2.24) is 9.47 Å². The van der Waals surface area contributed by atoms with Crippen molar-refractivity contribution in [2.75, 3.05) is 18.4 Å². The van der Waals surface area contributed by atoms with E-state index in [1.165, 1.54) is 10.6 Å². The number of aryl methyl sites for hydroxylation is 1. The minimum Gasteiger partial charge on any atom is -0.338 e. The first-order valence-electron chi connectivity index (χ1n) is 6.13. The van der Waals surface area contributed by atoms with Crippen molar-refractivity contribution in [3.05, 3.63) is 34.2 Å². The van der Waals surface area contributed by atoms with Gasteiger partial charge < -0.3 is 9.47 Å². The van der Waals surface area contributed by atoms with Gasteiger partial charge in [0.05, 0.1) is 0 Å². The van der Waals surface area contributed by atoms with Crippen molar-refractivity contribution in [3.63, 3.8) is 0 Å². The lowest BCUT2D eigenvalue weighted by Gasteiger charge is -2.16. The van der Waals surface area contributed by atoms with Crippen molar-refractivity contribution in [1.29, 1.82) is 0 Å². The van der Waals surface area contributed by atoms with E-state index < -0.39 is 0 Å². The second kappa shape index (κ2) is 5.69. The zero-order valence-corrected chi connectivity index (χ0v) is 12.0. The molecule has 98 valence electrons. The highest BCUT2D eigenvalue weighted by atomic mass is 79.9. The highest BCUT2D eigenvalue weighted by molar-refractivity contribution is 9.09. The van der Waals surface area contributed by atoms with E-state index in [4.69, 9.17) is 0 Å². The number of amides is 1. The highest BCUT2D eigenvalue weighted by Crippen LogP contribution is 2.21. The van der Waals surface area contributed by atoms with Gasteiger partial charge in [-0.25, -0.2) is 0 Å². The summed E-state index contributed by atoms with van der Waals surface area (Å²) in [7, 11) is 1.68. The van der Waals surface area contributed by atoms with Crippen LogP contribution in [0.15, 0.2) is 23.1 Å². The van der Waals surface area contributed by atoms with Crippen LogP contribution in [0.2, 0.25) is 0 Å². The minimum atomic E-state index is -0.142. The first-order chi connectivity index (χ1) is 8.61. The Morgan fingerprint density at radius 1 is 1.56 bits per heavy atom. The molecule has 0 aliphatic carbocycles. The number of hydrogen-bond donors (Lipinski definition) is 0. The Balaban J connectivity index is 2.08. The average Bonchev–Trinajstić information content (AvgIpc) is 2.81. The van der Waals surface area contributed by atoms with Crippen molar-refractivity contribution in [2.24, 2.45) is 13.0 Å². The Bertz CT molecular complexity index is 498. The van der Waals surface area contributed by atoms with Crippen LogP contribution in [0.25, 0.3) is 0 Å². The maximum absolute atomic E-state index is 12.2. The molecule has 2 heterocycles. The van der Waals surface area contributed by atoms with Gasteiger partial charge in [0.1, 0.15) is 0 Å². The molecule has 1 aliphatic heterocycles. The number of likely N-dealkylation sites (tertiary alicyclic amines) is 1. The predicted octanol–water partition coefficient (Wildman–Crippen LogP) is 1.63. The van der Waals surface area contributed by atoms with Crippen LogP contribution in [0.3, 0.4) is 0 Å². The number of halogens is 1. The molecule has 5 heteroatoms. The average molecular weight is 313 g/mol. The van der Waals surface area contributed by atoms with Gasteiger partial charge in [-0.1, -0.05) is 15.9 Å². The molecule has 1 aliphatic rings. The second-order valence-corrected chi connectivity index (χ2v) is 5.54. The minimum absolute atomic E-state index is 0.0234. The molecular formula is C13H17BrN2O2. The van der Waals surface area contributed by atoms with Crippen LogP contribution in [-0.4, -0.2) is 33.8 Å². The maximum Gasteiger partial charge on any atom is 0.254 e. The number of carbonyl (C=O) groups is 1. The van der Waals surface area contributed by atoms with Gasteiger partial charge in [0.15, 0.2) is 0 Å². The van der Waals surface area contributed by atoms with Gasteiger partial charge in [-0.05, 0) is 24.8 Å². The summed E-state index contributed by atoms with van der Waals surface area (Å²) in [6.45, 7) is 1.60. The largest absolute Gasteiger partial charge is 0.338 e. The van der Waals surface area contributed by atoms with E-state index in [1.807, 2.05) is 4.90 Å². The molecule has 1 unspecified atom stereocenters. The van der Waals surface area contributed by atoms with Gasteiger partial charge in [0.2, 0.25) is 0 Å². The van der Waals surface area contributed by atoms with Crippen LogP contribution in [-0.2, 0) is 7.05 Å². The monoisotopic (exact) mass is 312 g/mol. The molecule has 1 saturated heterocycles. The summed E-state index contributed by atoms with van der Waals surface area (Å²) in [6.07, 6.45) is 3.80. The molecule has 0 spiro atoms. The highest BCUT2D eigenvalue weighted by Gasteiger charge is 2.26. The van der Waals surface area contributed by atoms with E-state index in [2.05, 4.69) is 15.9 Å². The normalized spacial score (nSPS) is 19.2. The molecule has 4 nitrogen and oxygen atoms in total. The molecule has 0 N–H and O–H groups in total. The van der Waals surface area contributed by atoms with Crippen LogP contribution in [0, 0.1) is 5.92 Å². The standard InChI is InChI=1S/C13H17BrN2O2/c1-15-6-4-11(8-12(15)17)13(18)16-7-3-10(9-16)2-5-14/h4,6,8,10H,2-3,5,7,9H2,1H3. The number of nitrogens with zero attached hydrogens (tertiary/aromatic N) is 2. The Hall–Kier alpha value is -1.10. The van der Waals surface area contributed by atoms with E-state index >= 15 is 0 Å². The molecule has 1 amide bonds. The van der Waals surface area contributed by atoms with Crippen LogP contribution in [0.4, 0.5) is 0 Å². The van der Waals surface area contributed by atoms with Crippen LogP contribution >= 0.6 is 15.9 Å². The Kier molecular flexibility index (Phi) is 4.22. The van der Waals surface area contributed by atoms with Gasteiger partial charge in [-0.3, -0.25) is 9.59 Å². The molecule has 0 aromatic carbocycles. The fraction of sp³-hybridized carbons (Fsp3) is 0.538. The molecule has 1 aromatic heterocycles. The quantitative estimate of drug-likeness (QED) is 0.796. The van der Waals surface area contributed by atoms with Gasteiger partial charge >= 0.3 is 0 Å². The molecule has 1 atom stereocenters. The molecular weight excluding hydrogens is 296 g/mol. The molecule has 1 aromatic rings. The number of pyridine rings is 1. The third-order valence-corrected chi connectivity index (χ3v) is 3.90. The van der Waals surface area contributed by atoms with Gasteiger partial charge in [-0.2, -0.15) is 0 Å². The van der Waals surface area contributed by atoms with Crippen LogP contribution in [0.1, 0.15) is 23.2 Å². The van der Waals surface area contributed by atoms with E-state index in [0.29, 0.717) is 11.5 Å². The van der Waals surface area contributed by atoms with Crippen LogP contribution < -0.4 is 5.56 Å². The Labute approximate surface area is 115 Å². The van der Waals surface area contributed by atoms with Crippen molar-refractivity contribution in [3.8, 4) is 0 Å². The molecule has 18 heavy (non-hydrogen) atoms. The second-order valence-electron chi connectivity index (χ2n) is 4.75. The maximum atomic E-state index is 12.2. The lowest BCUT2D eigenvalue weighted by molar-refractivity contribution is 0.0786. The van der Waals surface area contributed by atoms with Crippen molar-refractivity contribution < 1.29 is 4.79 Å². The topological polar surface area (TPSA) is 42.3 Å². The summed E-state index contributed by atoms with van der Waals surface area (Å²) >= 11 is 3.43. The SMILES string of the molecule is Cn1ccc(C(=O)N2CCC(CCBr)C2)cc1=O. The smallest absolute Gasteiger partial charge is 0.254 e. The fourth-order valence-electron chi connectivity index (χ4n) is 2.27. The number of rotatable bonds is 3. The fourth-order valence-corrected chi connectivity index (χ4v) is 2.92. The summed E-state index contributed by atoms with van der Waals surface area (Å²) in [4.78, 5) is 25.6. The van der Waals surface area contributed by atoms with E-state index in [9.17, 15) is 9.59 Å². The van der Waals surface area contributed by atoms with Gasteiger partial charge in [0, 0.05) is 43.3 Å². The predicted molar refractivity (Wildman–Crippen MR) is 74.1 cm³/mol. The first kappa shape index (κ1) is 13.3. The van der Waals surface area contributed by atoms with Crippen LogP contribution in [0.5, 0.6) is 0 Å². The molecule has 0 saturated carbocycles. The Morgan fingerprint density at radius 3 is 3.00 bits per heavy atom. The summed E-state index contributed by atoms with van der Waals surface area (Å²) in [5.41, 5.74) is 0.356. The summed E-state index contributed by atoms with van der Waals surface area (Å²) < 4.78 is 1.47. The van der Waals surface area contributed by atoms with E-state index in [1.54, 1.807) is 19.3 Å². The molecule has 2 rings (SSSR count). The zero-order chi connectivity index (χ0) is 13.1. The zero-order valence-electron chi connectivity index (χ0n) is 10.4. The van der Waals surface area contributed by atoms with E-state index in [-0.39, 0.29) is 11.5 Å². The number of hydrogen-bond acceptors (Lipinski definition) is 2. The summed E-state index contributed by atoms with van der Waals surface area (Å²) in [5, 5.41) is 0.978. The summed E-state index contributed by atoms with van der Waals surface area (Å²) in [5.74, 6) is 0.560. The van der Waals surface area contributed by atoms with Gasteiger partial charge in [-0.15, -0.1) is 0 Å².